The highest BCUT2D eigenvalue weighted by molar-refractivity contribution is 7.90. The number of hydrogen-bond acceptors (Lipinski definition) is 4. The van der Waals surface area contributed by atoms with Crippen molar-refractivity contribution in [2.24, 2.45) is 0 Å². The Morgan fingerprint density at radius 2 is 1.64 bits per heavy atom. The first kappa shape index (κ1) is 15.1. The van der Waals surface area contributed by atoms with Gasteiger partial charge in [-0.1, -0.05) is 29.8 Å². The number of rotatable bonds is 3. The van der Waals surface area contributed by atoms with E-state index in [1.807, 2.05) is 0 Å². The van der Waals surface area contributed by atoms with E-state index in [1.165, 1.54) is 30.5 Å². The number of fused-ring (bicyclic) bond motifs is 1. The standard InChI is InChI=1S/C14H11BClNO4S/c16-10-5-7-11(8-6-10)22(20,21)17-9-13(15(18)19)12-3-1-2-4-14(12)17/h1-9,18-19H. The van der Waals surface area contributed by atoms with Gasteiger partial charge in [0.2, 0.25) is 0 Å². The van der Waals surface area contributed by atoms with Gasteiger partial charge in [-0.15, -0.1) is 0 Å². The molecule has 0 aliphatic rings. The minimum atomic E-state index is -3.86. The van der Waals surface area contributed by atoms with Gasteiger partial charge in [-0.2, -0.15) is 0 Å². The molecule has 0 saturated carbocycles. The number of nitrogens with zero attached hydrogens (tertiary/aromatic N) is 1. The first-order valence-corrected chi connectivity index (χ1v) is 8.20. The van der Waals surface area contributed by atoms with E-state index in [9.17, 15) is 18.5 Å². The molecule has 0 aliphatic carbocycles. The van der Waals surface area contributed by atoms with Crippen LogP contribution in [-0.4, -0.2) is 29.6 Å². The third-order valence-electron chi connectivity index (χ3n) is 3.36. The summed E-state index contributed by atoms with van der Waals surface area (Å²) in [7, 11) is -5.62. The molecule has 0 bridgehead atoms. The van der Waals surface area contributed by atoms with E-state index in [2.05, 4.69) is 0 Å². The molecule has 1 heterocycles. The van der Waals surface area contributed by atoms with Gasteiger partial charge >= 0.3 is 7.12 Å². The van der Waals surface area contributed by atoms with E-state index in [4.69, 9.17) is 11.6 Å². The van der Waals surface area contributed by atoms with Crippen LogP contribution in [0.15, 0.2) is 59.6 Å². The second-order valence-electron chi connectivity index (χ2n) is 4.73. The van der Waals surface area contributed by atoms with E-state index < -0.39 is 17.1 Å². The van der Waals surface area contributed by atoms with E-state index in [0.717, 1.165) is 3.97 Å². The largest absolute Gasteiger partial charge is 0.490 e. The van der Waals surface area contributed by atoms with Gasteiger partial charge in [0, 0.05) is 22.1 Å². The van der Waals surface area contributed by atoms with E-state index in [-0.39, 0.29) is 10.4 Å². The van der Waals surface area contributed by atoms with Crippen LogP contribution in [0.2, 0.25) is 5.02 Å². The number of halogens is 1. The van der Waals surface area contributed by atoms with Crippen molar-refractivity contribution in [1.29, 1.82) is 0 Å². The summed E-state index contributed by atoms with van der Waals surface area (Å²) in [5, 5.41) is 19.8. The number of hydrogen-bond donors (Lipinski definition) is 2. The van der Waals surface area contributed by atoms with E-state index in [0.29, 0.717) is 15.9 Å². The van der Waals surface area contributed by atoms with Crippen molar-refractivity contribution >= 4 is 45.1 Å². The van der Waals surface area contributed by atoms with Gasteiger partial charge in [-0.3, -0.25) is 0 Å². The summed E-state index contributed by atoms with van der Waals surface area (Å²) in [6.07, 6.45) is 1.22. The normalized spacial score (nSPS) is 11.8. The van der Waals surface area contributed by atoms with Crippen molar-refractivity contribution in [1.82, 2.24) is 3.97 Å². The molecule has 112 valence electrons. The molecule has 1 aromatic heterocycles. The van der Waals surface area contributed by atoms with Crippen LogP contribution in [-0.2, 0) is 10.0 Å². The first-order chi connectivity index (χ1) is 10.4. The molecule has 0 fully saturated rings. The lowest BCUT2D eigenvalue weighted by molar-refractivity contribution is 0.426. The Kier molecular flexibility index (Phi) is 3.74. The van der Waals surface area contributed by atoms with Crippen molar-refractivity contribution in [3.63, 3.8) is 0 Å². The third-order valence-corrected chi connectivity index (χ3v) is 5.30. The Bertz CT molecular complexity index is 935. The molecule has 0 atom stereocenters. The lowest BCUT2D eigenvalue weighted by Crippen LogP contribution is -2.29. The monoisotopic (exact) mass is 335 g/mol. The van der Waals surface area contributed by atoms with Crippen LogP contribution < -0.4 is 5.46 Å². The zero-order valence-corrected chi connectivity index (χ0v) is 12.8. The van der Waals surface area contributed by atoms with Gasteiger partial charge in [0.25, 0.3) is 10.0 Å². The van der Waals surface area contributed by atoms with Gasteiger partial charge in [0.05, 0.1) is 10.4 Å². The summed E-state index contributed by atoms with van der Waals surface area (Å²) in [4.78, 5) is 0.0663. The molecule has 3 aromatic rings. The maximum Gasteiger partial charge on any atom is 0.490 e. The van der Waals surface area contributed by atoms with E-state index >= 15 is 0 Å². The molecule has 0 aliphatic heterocycles. The van der Waals surface area contributed by atoms with Crippen molar-refractivity contribution in [2.75, 3.05) is 0 Å². The first-order valence-electron chi connectivity index (χ1n) is 6.38. The van der Waals surface area contributed by atoms with Crippen molar-refractivity contribution in [3.8, 4) is 0 Å². The summed E-state index contributed by atoms with van der Waals surface area (Å²) < 4.78 is 26.5. The molecule has 5 nitrogen and oxygen atoms in total. The summed E-state index contributed by atoms with van der Waals surface area (Å²) in [6.45, 7) is 0. The highest BCUT2D eigenvalue weighted by Crippen LogP contribution is 2.22. The van der Waals surface area contributed by atoms with Crippen molar-refractivity contribution < 1.29 is 18.5 Å². The Labute approximate surface area is 132 Å². The third kappa shape index (κ3) is 2.42. The smallest absolute Gasteiger partial charge is 0.423 e. The van der Waals surface area contributed by atoms with Gasteiger partial charge < -0.3 is 10.0 Å². The van der Waals surface area contributed by atoms with Crippen LogP contribution in [0.3, 0.4) is 0 Å². The average molecular weight is 336 g/mol. The summed E-state index contributed by atoms with van der Waals surface area (Å²) in [5.41, 5.74) is 0.508. The predicted molar refractivity (Wildman–Crippen MR) is 85.8 cm³/mol. The average Bonchev–Trinajstić information content (AvgIpc) is 2.88. The van der Waals surface area contributed by atoms with Gasteiger partial charge in [-0.25, -0.2) is 12.4 Å². The molecular formula is C14H11BClNO4S. The van der Waals surface area contributed by atoms with Crippen LogP contribution in [0.5, 0.6) is 0 Å². The molecule has 22 heavy (non-hydrogen) atoms. The van der Waals surface area contributed by atoms with Crippen LogP contribution in [0.4, 0.5) is 0 Å². The quantitative estimate of drug-likeness (QED) is 0.705. The van der Waals surface area contributed by atoms with Gasteiger partial charge in [0.1, 0.15) is 0 Å². The SMILES string of the molecule is O=S(=O)(c1ccc(Cl)cc1)n1cc(B(O)O)c2ccccc21. The summed E-state index contributed by atoms with van der Waals surface area (Å²) >= 11 is 5.78. The van der Waals surface area contributed by atoms with Crippen LogP contribution in [0.25, 0.3) is 10.9 Å². The Morgan fingerprint density at radius 1 is 1.00 bits per heavy atom. The minimum Gasteiger partial charge on any atom is -0.423 e. The van der Waals surface area contributed by atoms with Crippen LogP contribution >= 0.6 is 11.6 Å². The molecule has 0 unspecified atom stereocenters. The minimum absolute atomic E-state index is 0.0663. The zero-order valence-electron chi connectivity index (χ0n) is 11.2. The number of aromatic nitrogens is 1. The second kappa shape index (κ2) is 5.44. The van der Waals surface area contributed by atoms with Crippen LogP contribution in [0, 0.1) is 0 Å². The zero-order chi connectivity index (χ0) is 15.9. The fraction of sp³-hybridized carbons (Fsp3) is 0. The van der Waals surface area contributed by atoms with Crippen molar-refractivity contribution in [3.05, 3.63) is 59.8 Å². The highest BCUT2D eigenvalue weighted by atomic mass is 35.5. The number of para-hydroxylation sites is 1. The lowest BCUT2D eigenvalue weighted by Gasteiger charge is -2.07. The Morgan fingerprint density at radius 3 is 2.27 bits per heavy atom. The molecule has 8 heteroatoms. The maximum atomic E-state index is 12.8. The van der Waals surface area contributed by atoms with Gasteiger partial charge in [0.15, 0.2) is 0 Å². The molecule has 0 spiro atoms. The van der Waals surface area contributed by atoms with Gasteiger partial charge in [-0.05, 0) is 30.3 Å². The molecule has 2 aromatic carbocycles. The molecule has 0 radical (unpaired) electrons. The second-order valence-corrected chi connectivity index (χ2v) is 6.98. The van der Waals surface area contributed by atoms with Crippen molar-refractivity contribution in [2.45, 2.75) is 4.90 Å². The van der Waals surface area contributed by atoms with E-state index in [1.54, 1.807) is 24.3 Å². The highest BCUT2D eigenvalue weighted by Gasteiger charge is 2.25. The van der Waals surface area contributed by atoms with Crippen LogP contribution in [0.1, 0.15) is 0 Å². The molecule has 0 saturated heterocycles. The fourth-order valence-electron chi connectivity index (χ4n) is 2.30. The molecule has 2 N–H and O–H groups in total. The number of benzene rings is 2. The maximum absolute atomic E-state index is 12.8. The Hall–Kier alpha value is -1.80. The predicted octanol–water partition coefficient (Wildman–Crippen LogP) is 1.21. The lowest BCUT2D eigenvalue weighted by atomic mass is 9.80. The molecular weight excluding hydrogens is 324 g/mol. The molecule has 0 amide bonds. The summed E-state index contributed by atoms with van der Waals surface area (Å²) in [5.74, 6) is 0. The Balaban J connectivity index is 2.27. The molecule has 3 rings (SSSR count). The summed E-state index contributed by atoms with van der Waals surface area (Å²) in [6, 6.07) is 12.4. The fourth-order valence-corrected chi connectivity index (χ4v) is 3.80. The topological polar surface area (TPSA) is 79.5 Å².